The molecule has 0 heterocycles. The number of benzene rings is 1. The minimum atomic E-state index is -0.739. The van der Waals surface area contributed by atoms with Crippen LogP contribution in [0.1, 0.15) is 25.8 Å². The summed E-state index contributed by atoms with van der Waals surface area (Å²) in [5, 5.41) is 9.00. The molecule has 1 N–H and O–H groups in total. The van der Waals surface area contributed by atoms with Gasteiger partial charge in [-0.15, -0.1) is 0 Å². The zero-order chi connectivity index (χ0) is 9.68. The molecule has 0 aliphatic carbocycles. The van der Waals surface area contributed by atoms with Crippen molar-refractivity contribution < 1.29 is 9.84 Å². The number of ether oxygens (including phenoxy) is 1. The van der Waals surface area contributed by atoms with Crippen LogP contribution in [0, 0.1) is 0 Å². The van der Waals surface area contributed by atoms with E-state index in [1.165, 1.54) is 5.56 Å². The van der Waals surface area contributed by atoms with E-state index in [4.69, 9.17) is 9.84 Å². The van der Waals surface area contributed by atoms with Crippen LogP contribution in [-0.4, -0.2) is 11.4 Å². The molecule has 0 aliphatic heterocycles. The molecule has 1 aromatic carbocycles. The number of aliphatic hydroxyl groups excluding tert-OH is 1. The van der Waals surface area contributed by atoms with Gasteiger partial charge in [0.25, 0.3) is 0 Å². The van der Waals surface area contributed by atoms with Crippen LogP contribution in [0.3, 0.4) is 0 Å². The zero-order valence-corrected chi connectivity index (χ0v) is 8.16. The number of aryl methyl sites for hydroxylation is 1. The SMILES string of the molecule is CCCc1cccc(OC(C)O)c1. The molecule has 0 saturated carbocycles. The lowest BCUT2D eigenvalue weighted by Crippen LogP contribution is -2.09. The minimum absolute atomic E-state index is 0.737. The maximum atomic E-state index is 9.00. The molecule has 1 unspecified atom stereocenters. The van der Waals surface area contributed by atoms with Crippen LogP contribution in [0.5, 0.6) is 5.75 Å². The Morgan fingerprint density at radius 3 is 2.85 bits per heavy atom. The summed E-state index contributed by atoms with van der Waals surface area (Å²) in [4.78, 5) is 0. The molecule has 0 spiro atoms. The number of aliphatic hydroxyl groups is 1. The van der Waals surface area contributed by atoms with E-state index in [0.717, 1.165) is 18.6 Å². The van der Waals surface area contributed by atoms with Crippen molar-refractivity contribution in [2.45, 2.75) is 33.0 Å². The summed E-state index contributed by atoms with van der Waals surface area (Å²) in [7, 11) is 0. The van der Waals surface area contributed by atoms with Gasteiger partial charge in [-0.1, -0.05) is 25.5 Å². The highest BCUT2D eigenvalue weighted by molar-refractivity contribution is 5.28. The monoisotopic (exact) mass is 180 g/mol. The molecule has 1 atom stereocenters. The second-order valence-corrected chi connectivity index (χ2v) is 3.11. The van der Waals surface area contributed by atoms with E-state index in [1.807, 2.05) is 18.2 Å². The molecule has 0 radical (unpaired) electrons. The Kier molecular flexibility index (Phi) is 3.77. The lowest BCUT2D eigenvalue weighted by atomic mass is 10.1. The van der Waals surface area contributed by atoms with E-state index < -0.39 is 6.29 Å². The third-order valence-corrected chi connectivity index (χ3v) is 1.74. The predicted molar refractivity (Wildman–Crippen MR) is 52.7 cm³/mol. The number of rotatable bonds is 4. The van der Waals surface area contributed by atoms with Crippen molar-refractivity contribution in [2.75, 3.05) is 0 Å². The first-order chi connectivity index (χ1) is 6.22. The van der Waals surface area contributed by atoms with E-state index in [9.17, 15) is 0 Å². The quantitative estimate of drug-likeness (QED) is 0.721. The van der Waals surface area contributed by atoms with Crippen molar-refractivity contribution in [1.82, 2.24) is 0 Å². The van der Waals surface area contributed by atoms with Gasteiger partial charge in [0, 0.05) is 0 Å². The molecule has 0 fully saturated rings. The smallest absolute Gasteiger partial charge is 0.194 e. The van der Waals surface area contributed by atoms with Gasteiger partial charge in [0.1, 0.15) is 5.75 Å². The average molecular weight is 180 g/mol. The maximum absolute atomic E-state index is 9.00. The maximum Gasteiger partial charge on any atom is 0.194 e. The molecule has 0 aromatic heterocycles. The third-order valence-electron chi connectivity index (χ3n) is 1.74. The van der Waals surface area contributed by atoms with E-state index in [-0.39, 0.29) is 0 Å². The molecule has 2 heteroatoms. The first-order valence-corrected chi connectivity index (χ1v) is 4.66. The zero-order valence-electron chi connectivity index (χ0n) is 8.16. The standard InChI is InChI=1S/C11H16O2/c1-3-5-10-6-4-7-11(8-10)13-9(2)12/h4,6-9,12H,3,5H2,1-2H3. The summed E-state index contributed by atoms with van der Waals surface area (Å²) in [6.45, 7) is 3.74. The Bertz CT molecular complexity index is 256. The summed E-state index contributed by atoms with van der Waals surface area (Å²) in [5.41, 5.74) is 1.25. The molecule has 2 nitrogen and oxygen atoms in total. The Labute approximate surface area is 79.2 Å². The summed E-state index contributed by atoms with van der Waals surface area (Å²) >= 11 is 0. The van der Waals surface area contributed by atoms with Gasteiger partial charge in [0.05, 0.1) is 0 Å². The number of hydrogen-bond donors (Lipinski definition) is 1. The second kappa shape index (κ2) is 4.87. The first kappa shape index (κ1) is 10.1. The van der Waals surface area contributed by atoms with Gasteiger partial charge in [-0.2, -0.15) is 0 Å². The van der Waals surface area contributed by atoms with Gasteiger partial charge in [0.15, 0.2) is 6.29 Å². The third kappa shape index (κ3) is 3.47. The van der Waals surface area contributed by atoms with Gasteiger partial charge in [0.2, 0.25) is 0 Å². The lowest BCUT2D eigenvalue weighted by molar-refractivity contribution is -0.000333. The van der Waals surface area contributed by atoms with E-state index in [0.29, 0.717) is 0 Å². The minimum Gasteiger partial charge on any atom is -0.465 e. The van der Waals surface area contributed by atoms with E-state index in [2.05, 4.69) is 13.0 Å². The van der Waals surface area contributed by atoms with E-state index >= 15 is 0 Å². The van der Waals surface area contributed by atoms with Crippen LogP contribution in [0.4, 0.5) is 0 Å². The molecule has 0 saturated heterocycles. The summed E-state index contributed by atoms with van der Waals surface area (Å²) in [6.07, 6.45) is 1.44. The van der Waals surface area contributed by atoms with Crippen LogP contribution < -0.4 is 4.74 Å². The van der Waals surface area contributed by atoms with Gasteiger partial charge >= 0.3 is 0 Å². The summed E-state index contributed by atoms with van der Waals surface area (Å²) < 4.78 is 5.16. The van der Waals surface area contributed by atoms with Crippen LogP contribution in [-0.2, 0) is 6.42 Å². The largest absolute Gasteiger partial charge is 0.465 e. The molecule has 1 aromatic rings. The fourth-order valence-corrected chi connectivity index (χ4v) is 1.26. The normalized spacial score (nSPS) is 12.5. The Morgan fingerprint density at radius 1 is 1.46 bits per heavy atom. The Morgan fingerprint density at radius 2 is 2.23 bits per heavy atom. The molecule has 72 valence electrons. The fourth-order valence-electron chi connectivity index (χ4n) is 1.26. The molecule has 0 aliphatic rings. The van der Waals surface area contributed by atoms with Gasteiger partial charge in [-0.25, -0.2) is 0 Å². The summed E-state index contributed by atoms with van der Waals surface area (Å²) in [6, 6.07) is 7.84. The topological polar surface area (TPSA) is 29.5 Å². The van der Waals surface area contributed by atoms with Crippen molar-refractivity contribution in [3.63, 3.8) is 0 Å². The summed E-state index contributed by atoms with van der Waals surface area (Å²) in [5.74, 6) is 0.737. The van der Waals surface area contributed by atoms with E-state index in [1.54, 1.807) is 6.92 Å². The van der Waals surface area contributed by atoms with Crippen molar-refractivity contribution in [2.24, 2.45) is 0 Å². The number of hydrogen-bond acceptors (Lipinski definition) is 2. The molecule has 13 heavy (non-hydrogen) atoms. The predicted octanol–water partition coefficient (Wildman–Crippen LogP) is 2.36. The highest BCUT2D eigenvalue weighted by atomic mass is 16.6. The molecular formula is C11H16O2. The van der Waals surface area contributed by atoms with Crippen LogP contribution in [0.2, 0.25) is 0 Å². The Balaban J connectivity index is 2.67. The fraction of sp³-hybridized carbons (Fsp3) is 0.455. The van der Waals surface area contributed by atoms with Gasteiger partial charge in [-0.05, 0) is 31.0 Å². The van der Waals surface area contributed by atoms with Crippen molar-refractivity contribution in [3.8, 4) is 5.75 Å². The van der Waals surface area contributed by atoms with Crippen LogP contribution in [0.15, 0.2) is 24.3 Å². The highest BCUT2D eigenvalue weighted by Gasteiger charge is 1.99. The van der Waals surface area contributed by atoms with Crippen molar-refractivity contribution in [1.29, 1.82) is 0 Å². The van der Waals surface area contributed by atoms with Crippen LogP contribution in [0.25, 0.3) is 0 Å². The van der Waals surface area contributed by atoms with Crippen LogP contribution >= 0.6 is 0 Å². The van der Waals surface area contributed by atoms with Gasteiger partial charge in [-0.3, -0.25) is 0 Å². The highest BCUT2D eigenvalue weighted by Crippen LogP contribution is 2.15. The van der Waals surface area contributed by atoms with Crippen molar-refractivity contribution in [3.05, 3.63) is 29.8 Å². The second-order valence-electron chi connectivity index (χ2n) is 3.11. The molecule has 0 bridgehead atoms. The lowest BCUT2D eigenvalue weighted by Gasteiger charge is -2.09. The van der Waals surface area contributed by atoms with Crippen molar-refractivity contribution >= 4 is 0 Å². The molecule has 0 amide bonds. The first-order valence-electron chi connectivity index (χ1n) is 4.66. The molecular weight excluding hydrogens is 164 g/mol. The van der Waals surface area contributed by atoms with Gasteiger partial charge < -0.3 is 9.84 Å². The Hall–Kier alpha value is -1.02. The average Bonchev–Trinajstić information content (AvgIpc) is 2.04. The molecule has 1 rings (SSSR count).